The summed E-state index contributed by atoms with van der Waals surface area (Å²) in [5.41, 5.74) is 2.29. The highest BCUT2D eigenvalue weighted by atomic mass is 16.5. The zero-order valence-corrected chi connectivity index (χ0v) is 10.8. The van der Waals surface area contributed by atoms with Gasteiger partial charge in [0.2, 0.25) is 0 Å². The molecule has 0 saturated heterocycles. The summed E-state index contributed by atoms with van der Waals surface area (Å²) in [5, 5.41) is 12.1. The summed E-state index contributed by atoms with van der Waals surface area (Å²) in [5.74, 6) is 0.894. The Morgan fingerprint density at radius 3 is 2.65 bits per heavy atom. The summed E-state index contributed by atoms with van der Waals surface area (Å²) in [7, 11) is 1.69. The second-order valence-corrected chi connectivity index (χ2v) is 4.27. The number of methoxy groups -OCH3 is 1. The van der Waals surface area contributed by atoms with Gasteiger partial charge in [-0.05, 0) is 37.5 Å². The molecule has 1 rings (SSSR count). The van der Waals surface area contributed by atoms with Gasteiger partial charge >= 0.3 is 0 Å². The van der Waals surface area contributed by atoms with Crippen molar-refractivity contribution in [2.75, 3.05) is 25.6 Å². The first-order valence-electron chi connectivity index (χ1n) is 6.27. The van der Waals surface area contributed by atoms with Crippen molar-refractivity contribution in [3.05, 3.63) is 23.8 Å². The molecule has 0 heterocycles. The van der Waals surface area contributed by atoms with Crippen LogP contribution in [0.15, 0.2) is 18.2 Å². The van der Waals surface area contributed by atoms with Gasteiger partial charge in [-0.2, -0.15) is 0 Å². The molecule has 1 aromatic carbocycles. The third-order valence-electron chi connectivity index (χ3n) is 2.76. The van der Waals surface area contributed by atoms with E-state index in [1.54, 1.807) is 7.11 Å². The monoisotopic (exact) mass is 237 g/mol. The van der Waals surface area contributed by atoms with Gasteiger partial charge in [-0.15, -0.1) is 0 Å². The quantitative estimate of drug-likeness (QED) is 0.683. The van der Waals surface area contributed by atoms with Crippen LogP contribution in [0, 0.1) is 6.92 Å². The molecule has 0 saturated carbocycles. The van der Waals surface area contributed by atoms with Crippen LogP contribution in [-0.4, -0.2) is 25.4 Å². The molecule has 0 bridgehead atoms. The molecule has 0 radical (unpaired) electrons. The minimum Gasteiger partial charge on any atom is -0.495 e. The molecule has 1 aromatic rings. The fourth-order valence-electron chi connectivity index (χ4n) is 1.77. The Kier molecular flexibility index (Phi) is 6.48. The Morgan fingerprint density at radius 1 is 1.18 bits per heavy atom. The van der Waals surface area contributed by atoms with E-state index in [1.165, 1.54) is 5.56 Å². The number of benzene rings is 1. The number of aliphatic hydroxyl groups excluding tert-OH is 1. The summed E-state index contributed by atoms with van der Waals surface area (Å²) >= 11 is 0. The molecule has 0 unspecified atom stereocenters. The van der Waals surface area contributed by atoms with Gasteiger partial charge in [-0.3, -0.25) is 0 Å². The van der Waals surface area contributed by atoms with E-state index < -0.39 is 0 Å². The number of anilines is 1. The van der Waals surface area contributed by atoms with Crippen molar-refractivity contribution >= 4 is 5.69 Å². The van der Waals surface area contributed by atoms with Crippen molar-refractivity contribution in [1.82, 2.24) is 0 Å². The molecule has 0 fully saturated rings. The zero-order valence-electron chi connectivity index (χ0n) is 10.8. The van der Waals surface area contributed by atoms with Gasteiger partial charge in [0.1, 0.15) is 5.75 Å². The van der Waals surface area contributed by atoms with Gasteiger partial charge in [-0.25, -0.2) is 0 Å². The van der Waals surface area contributed by atoms with Crippen LogP contribution in [0.1, 0.15) is 31.2 Å². The Labute approximate surface area is 104 Å². The lowest BCUT2D eigenvalue weighted by atomic mass is 10.2. The van der Waals surface area contributed by atoms with E-state index in [0.717, 1.165) is 43.7 Å². The van der Waals surface area contributed by atoms with E-state index >= 15 is 0 Å². The van der Waals surface area contributed by atoms with E-state index in [4.69, 9.17) is 9.84 Å². The first-order chi connectivity index (χ1) is 8.27. The summed E-state index contributed by atoms with van der Waals surface area (Å²) in [4.78, 5) is 0. The van der Waals surface area contributed by atoms with Crippen molar-refractivity contribution in [1.29, 1.82) is 0 Å². The Bertz CT molecular complexity index is 326. The normalized spacial score (nSPS) is 10.3. The van der Waals surface area contributed by atoms with Gasteiger partial charge in [0.05, 0.1) is 12.8 Å². The number of rotatable bonds is 8. The number of nitrogens with one attached hydrogen (secondary N) is 1. The van der Waals surface area contributed by atoms with Crippen molar-refractivity contribution < 1.29 is 9.84 Å². The molecular formula is C14H23NO2. The van der Waals surface area contributed by atoms with E-state index in [-0.39, 0.29) is 0 Å². The van der Waals surface area contributed by atoms with Gasteiger partial charge < -0.3 is 15.2 Å². The van der Waals surface area contributed by atoms with Crippen molar-refractivity contribution in [2.24, 2.45) is 0 Å². The number of aryl methyl sites for hydroxylation is 1. The fraction of sp³-hybridized carbons (Fsp3) is 0.571. The van der Waals surface area contributed by atoms with Crippen LogP contribution < -0.4 is 10.1 Å². The van der Waals surface area contributed by atoms with Crippen LogP contribution in [0.5, 0.6) is 5.75 Å². The maximum absolute atomic E-state index is 8.67. The maximum atomic E-state index is 8.67. The van der Waals surface area contributed by atoms with E-state index in [2.05, 4.69) is 18.3 Å². The molecule has 3 nitrogen and oxygen atoms in total. The topological polar surface area (TPSA) is 41.5 Å². The fourth-order valence-corrected chi connectivity index (χ4v) is 1.77. The SMILES string of the molecule is COc1ccc(C)cc1NCCCCCCO. The molecule has 0 atom stereocenters. The third kappa shape index (κ3) is 5.09. The molecule has 0 aliphatic rings. The Morgan fingerprint density at radius 2 is 1.94 bits per heavy atom. The van der Waals surface area contributed by atoms with Crippen LogP contribution in [0.2, 0.25) is 0 Å². The molecule has 3 heteroatoms. The summed E-state index contributed by atoms with van der Waals surface area (Å²) in [6, 6.07) is 6.14. The van der Waals surface area contributed by atoms with E-state index in [9.17, 15) is 0 Å². The molecule has 0 spiro atoms. The molecule has 0 aliphatic carbocycles. The molecule has 0 aliphatic heterocycles. The summed E-state index contributed by atoms with van der Waals surface area (Å²) in [6.45, 7) is 3.33. The molecule has 0 aromatic heterocycles. The number of hydrogen-bond donors (Lipinski definition) is 2. The van der Waals surface area contributed by atoms with E-state index in [1.807, 2.05) is 12.1 Å². The number of aliphatic hydroxyl groups is 1. The largest absolute Gasteiger partial charge is 0.495 e. The summed E-state index contributed by atoms with van der Waals surface area (Å²) in [6.07, 6.45) is 4.29. The van der Waals surface area contributed by atoms with E-state index in [0.29, 0.717) is 6.61 Å². The number of ether oxygens (including phenoxy) is 1. The van der Waals surface area contributed by atoms with Crippen molar-refractivity contribution in [3.63, 3.8) is 0 Å². The van der Waals surface area contributed by atoms with Gasteiger partial charge in [0, 0.05) is 13.2 Å². The standard InChI is InChI=1S/C14H23NO2/c1-12-7-8-14(17-2)13(11-12)15-9-5-3-4-6-10-16/h7-8,11,15-16H,3-6,9-10H2,1-2H3. The lowest BCUT2D eigenvalue weighted by Gasteiger charge is -2.11. The van der Waals surface area contributed by atoms with Crippen LogP contribution in [0.25, 0.3) is 0 Å². The van der Waals surface area contributed by atoms with Crippen LogP contribution in [0.3, 0.4) is 0 Å². The highest BCUT2D eigenvalue weighted by molar-refractivity contribution is 5.57. The van der Waals surface area contributed by atoms with Gasteiger partial charge in [0.15, 0.2) is 0 Å². The lowest BCUT2D eigenvalue weighted by Crippen LogP contribution is -2.03. The Balaban J connectivity index is 2.32. The predicted octanol–water partition coefficient (Wildman–Crippen LogP) is 2.97. The van der Waals surface area contributed by atoms with Crippen molar-refractivity contribution in [3.8, 4) is 5.75 Å². The predicted molar refractivity (Wildman–Crippen MR) is 71.8 cm³/mol. The van der Waals surface area contributed by atoms with Crippen molar-refractivity contribution in [2.45, 2.75) is 32.6 Å². The average molecular weight is 237 g/mol. The molecule has 96 valence electrons. The molecular weight excluding hydrogens is 214 g/mol. The smallest absolute Gasteiger partial charge is 0.141 e. The van der Waals surface area contributed by atoms with Crippen LogP contribution >= 0.6 is 0 Å². The molecule has 17 heavy (non-hydrogen) atoms. The van der Waals surface area contributed by atoms with Gasteiger partial charge in [0.25, 0.3) is 0 Å². The lowest BCUT2D eigenvalue weighted by molar-refractivity contribution is 0.283. The maximum Gasteiger partial charge on any atom is 0.141 e. The second kappa shape index (κ2) is 7.96. The number of hydrogen-bond acceptors (Lipinski definition) is 3. The highest BCUT2D eigenvalue weighted by Crippen LogP contribution is 2.25. The minimum absolute atomic E-state index is 0.305. The highest BCUT2D eigenvalue weighted by Gasteiger charge is 2.01. The third-order valence-corrected chi connectivity index (χ3v) is 2.76. The van der Waals surface area contributed by atoms with Crippen LogP contribution in [0.4, 0.5) is 5.69 Å². The second-order valence-electron chi connectivity index (χ2n) is 4.27. The first kappa shape index (κ1) is 13.8. The molecule has 2 N–H and O–H groups in total. The molecule has 0 amide bonds. The zero-order chi connectivity index (χ0) is 12.5. The first-order valence-corrected chi connectivity index (χ1v) is 6.27. The van der Waals surface area contributed by atoms with Gasteiger partial charge in [-0.1, -0.05) is 18.9 Å². The number of unbranched alkanes of at least 4 members (excludes halogenated alkanes) is 3. The minimum atomic E-state index is 0.305. The van der Waals surface area contributed by atoms with Crippen LogP contribution in [-0.2, 0) is 0 Å². The summed E-state index contributed by atoms with van der Waals surface area (Å²) < 4.78 is 5.30. The average Bonchev–Trinajstić information content (AvgIpc) is 2.34. The Hall–Kier alpha value is -1.22.